The molecule has 4 aromatic rings. The fourth-order valence-corrected chi connectivity index (χ4v) is 7.01. The molecule has 0 N–H and O–H groups in total. The Hall–Kier alpha value is -3.62. The van der Waals surface area contributed by atoms with Gasteiger partial charge in [0.25, 0.3) is 20.0 Å². The van der Waals surface area contributed by atoms with Gasteiger partial charge in [0.2, 0.25) is 0 Å². The molecule has 6 nitrogen and oxygen atoms in total. The van der Waals surface area contributed by atoms with Crippen LogP contribution in [0.3, 0.4) is 0 Å². The standard InChI is InChI=1S/C28H28N2O4S2/c1-3-29(25-11-7-5-8-12-25)35(31,32)27-19-15-23(16-20-27)24-17-21-28(22-18-24)36(33,34)30(4-2)26-13-9-6-10-14-26/h5-22H,3-4H2,1-2H3. The summed E-state index contributed by atoms with van der Waals surface area (Å²) in [5.74, 6) is 0. The second-order valence-corrected chi connectivity index (χ2v) is 11.8. The number of hydrogen-bond acceptors (Lipinski definition) is 4. The molecule has 0 fully saturated rings. The van der Waals surface area contributed by atoms with E-state index in [2.05, 4.69) is 0 Å². The van der Waals surface area contributed by atoms with Crippen molar-refractivity contribution in [2.24, 2.45) is 0 Å². The van der Waals surface area contributed by atoms with E-state index in [-0.39, 0.29) is 9.79 Å². The minimum absolute atomic E-state index is 0.192. The lowest BCUT2D eigenvalue weighted by molar-refractivity contribution is 0.590. The number of nitrogens with zero attached hydrogens (tertiary/aromatic N) is 2. The first-order valence-electron chi connectivity index (χ1n) is 11.6. The minimum atomic E-state index is -3.72. The van der Waals surface area contributed by atoms with E-state index >= 15 is 0 Å². The van der Waals surface area contributed by atoms with E-state index in [0.717, 1.165) is 11.1 Å². The zero-order valence-electron chi connectivity index (χ0n) is 20.2. The van der Waals surface area contributed by atoms with Crippen molar-refractivity contribution in [2.45, 2.75) is 23.6 Å². The molecule has 0 spiro atoms. The molecule has 0 saturated carbocycles. The summed E-state index contributed by atoms with van der Waals surface area (Å²) in [6.07, 6.45) is 0. The first-order chi connectivity index (χ1) is 17.3. The molecule has 186 valence electrons. The maximum atomic E-state index is 13.2. The zero-order valence-corrected chi connectivity index (χ0v) is 21.8. The van der Waals surface area contributed by atoms with E-state index in [1.807, 2.05) is 12.1 Å². The van der Waals surface area contributed by atoms with E-state index in [4.69, 9.17) is 0 Å². The van der Waals surface area contributed by atoms with Crippen molar-refractivity contribution >= 4 is 31.4 Å². The van der Waals surface area contributed by atoms with E-state index in [0.29, 0.717) is 24.5 Å². The van der Waals surface area contributed by atoms with Crippen molar-refractivity contribution in [1.29, 1.82) is 0 Å². The Balaban J connectivity index is 1.58. The fourth-order valence-electron chi connectivity index (χ4n) is 4.06. The molecular weight excluding hydrogens is 492 g/mol. The fraction of sp³-hybridized carbons (Fsp3) is 0.143. The summed E-state index contributed by atoms with van der Waals surface area (Å²) in [5.41, 5.74) is 2.79. The van der Waals surface area contributed by atoms with Gasteiger partial charge in [0.1, 0.15) is 0 Å². The number of hydrogen-bond donors (Lipinski definition) is 0. The van der Waals surface area contributed by atoms with Crippen molar-refractivity contribution in [3.63, 3.8) is 0 Å². The van der Waals surface area contributed by atoms with Crippen molar-refractivity contribution in [1.82, 2.24) is 0 Å². The van der Waals surface area contributed by atoms with Gasteiger partial charge in [-0.3, -0.25) is 8.61 Å². The molecule has 0 atom stereocenters. The molecule has 0 heterocycles. The number of anilines is 2. The van der Waals surface area contributed by atoms with Gasteiger partial charge >= 0.3 is 0 Å². The molecule has 0 radical (unpaired) electrons. The molecule has 0 unspecified atom stereocenters. The smallest absolute Gasteiger partial charge is 0.264 e. The van der Waals surface area contributed by atoms with Crippen LogP contribution in [-0.2, 0) is 20.0 Å². The molecule has 0 aliphatic rings. The van der Waals surface area contributed by atoms with Gasteiger partial charge in [-0.2, -0.15) is 0 Å². The topological polar surface area (TPSA) is 74.8 Å². The Morgan fingerprint density at radius 1 is 0.472 bits per heavy atom. The van der Waals surface area contributed by atoms with E-state index in [1.54, 1.807) is 111 Å². The SMILES string of the molecule is CCN(c1ccccc1)S(=O)(=O)c1ccc(-c2ccc(S(=O)(=O)N(CC)c3ccccc3)cc2)cc1. The second kappa shape index (κ2) is 10.6. The molecule has 0 aliphatic heterocycles. The van der Waals surface area contributed by atoms with E-state index in [1.165, 1.54) is 8.61 Å². The summed E-state index contributed by atoms with van der Waals surface area (Å²) >= 11 is 0. The lowest BCUT2D eigenvalue weighted by Crippen LogP contribution is -2.30. The summed E-state index contributed by atoms with van der Waals surface area (Å²) in [6.45, 7) is 4.21. The van der Waals surface area contributed by atoms with Crippen molar-refractivity contribution in [3.8, 4) is 11.1 Å². The number of benzene rings is 4. The average Bonchev–Trinajstić information content (AvgIpc) is 2.91. The lowest BCUT2D eigenvalue weighted by atomic mass is 10.1. The van der Waals surface area contributed by atoms with Gasteiger partial charge in [0, 0.05) is 13.1 Å². The third-order valence-corrected chi connectivity index (χ3v) is 9.72. The predicted molar refractivity (Wildman–Crippen MR) is 145 cm³/mol. The molecular formula is C28H28N2O4S2. The summed E-state index contributed by atoms with van der Waals surface area (Å²) in [7, 11) is -7.44. The van der Waals surface area contributed by atoms with E-state index in [9.17, 15) is 16.8 Å². The molecule has 0 amide bonds. The van der Waals surface area contributed by atoms with Crippen LogP contribution in [-0.4, -0.2) is 29.9 Å². The Kier molecular flexibility index (Phi) is 7.47. The summed E-state index contributed by atoms with van der Waals surface area (Å²) in [5, 5.41) is 0. The molecule has 4 rings (SSSR count). The minimum Gasteiger partial charge on any atom is -0.267 e. The second-order valence-electron chi connectivity index (χ2n) is 8.06. The van der Waals surface area contributed by atoms with Crippen LogP contribution in [0.2, 0.25) is 0 Å². The number of rotatable bonds is 9. The van der Waals surface area contributed by atoms with Gasteiger partial charge in [0.05, 0.1) is 21.2 Å². The van der Waals surface area contributed by atoms with Gasteiger partial charge in [-0.15, -0.1) is 0 Å². The Labute approximate surface area is 213 Å². The highest BCUT2D eigenvalue weighted by Gasteiger charge is 2.25. The Bertz CT molecular complexity index is 1390. The zero-order chi connectivity index (χ0) is 25.8. The van der Waals surface area contributed by atoms with Gasteiger partial charge in [0.15, 0.2) is 0 Å². The summed E-state index contributed by atoms with van der Waals surface area (Å²) < 4.78 is 55.7. The monoisotopic (exact) mass is 520 g/mol. The van der Waals surface area contributed by atoms with Crippen molar-refractivity contribution in [3.05, 3.63) is 109 Å². The molecule has 8 heteroatoms. The van der Waals surface area contributed by atoms with Crippen LogP contribution in [0, 0.1) is 0 Å². The van der Waals surface area contributed by atoms with Crippen LogP contribution in [0.1, 0.15) is 13.8 Å². The third kappa shape index (κ3) is 5.01. The highest BCUT2D eigenvalue weighted by molar-refractivity contribution is 7.93. The molecule has 0 saturated heterocycles. The van der Waals surface area contributed by atoms with Crippen LogP contribution >= 0.6 is 0 Å². The predicted octanol–water partition coefficient (Wildman–Crippen LogP) is 5.78. The van der Waals surface area contributed by atoms with E-state index < -0.39 is 20.0 Å². The quantitative estimate of drug-likeness (QED) is 0.280. The molecule has 36 heavy (non-hydrogen) atoms. The van der Waals surface area contributed by atoms with Crippen molar-refractivity contribution in [2.75, 3.05) is 21.7 Å². The van der Waals surface area contributed by atoms with Crippen LogP contribution < -0.4 is 8.61 Å². The number of sulfonamides is 2. The lowest BCUT2D eigenvalue weighted by Gasteiger charge is -2.23. The van der Waals surface area contributed by atoms with Crippen LogP contribution in [0.25, 0.3) is 11.1 Å². The molecule has 4 aromatic carbocycles. The van der Waals surface area contributed by atoms with Crippen LogP contribution in [0.5, 0.6) is 0 Å². The maximum Gasteiger partial charge on any atom is 0.264 e. The Morgan fingerprint density at radius 3 is 1.06 bits per heavy atom. The maximum absolute atomic E-state index is 13.2. The molecule has 0 aliphatic carbocycles. The Morgan fingerprint density at radius 2 is 0.778 bits per heavy atom. The van der Waals surface area contributed by atoms with Crippen LogP contribution in [0.15, 0.2) is 119 Å². The van der Waals surface area contributed by atoms with Gasteiger partial charge in [-0.1, -0.05) is 60.7 Å². The largest absolute Gasteiger partial charge is 0.267 e. The normalized spacial score (nSPS) is 11.7. The summed E-state index contributed by atoms with van der Waals surface area (Å²) in [4.78, 5) is 0.384. The highest BCUT2D eigenvalue weighted by Crippen LogP contribution is 2.28. The average molecular weight is 521 g/mol. The first kappa shape index (κ1) is 25.5. The van der Waals surface area contributed by atoms with Gasteiger partial charge < -0.3 is 0 Å². The van der Waals surface area contributed by atoms with Crippen molar-refractivity contribution < 1.29 is 16.8 Å². The van der Waals surface area contributed by atoms with Gasteiger partial charge in [-0.05, 0) is 73.5 Å². The third-order valence-electron chi connectivity index (χ3n) is 5.88. The molecule has 0 bridgehead atoms. The van der Waals surface area contributed by atoms with Gasteiger partial charge in [-0.25, -0.2) is 16.8 Å². The number of para-hydroxylation sites is 2. The highest BCUT2D eigenvalue weighted by atomic mass is 32.2. The molecule has 0 aromatic heterocycles. The van der Waals surface area contributed by atoms with Crippen LogP contribution in [0.4, 0.5) is 11.4 Å². The summed E-state index contributed by atoms with van der Waals surface area (Å²) in [6, 6.07) is 31.2. The first-order valence-corrected chi connectivity index (χ1v) is 14.5.